The van der Waals surface area contributed by atoms with Crippen molar-refractivity contribution >= 4 is 35.6 Å². The standard InChI is InChI=1S/C30H42N2O8/c1-17(15-31-25(33)19-9-3-4-10-20(19)26(31)34)39-29(37)23-13-7-8-14-24(23)30(38)40-18(2)16-32-27(35)21-11-5-6-12-22(21)28(32)36/h17-24H,3-16H2,1-2H3. The Labute approximate surface area is 235 Å². The molecule has 220 valence electrons. The van der Waals surface area contributed by atoms with Gasteiger partial charge in [-0.2, -0.15) is 0 Å². The Hall–Kier alpha value is -2.78. The van der Waals surface area contributed by atoms with Gasteiger partial charge in [0.05, 0.1) is 48.6 Å². The Morgan fingerprint density at radius 3 is 1.15 bits per heavy atom. The average Bonchev–Trinajstić information content (AvgIpc) is 3.33. The molecule has 5 rings (SSSR count). The summed E-state index contributed by atoms with van der Waals surface area (Å²) in [6, 6.07) is 0. The summed E-state index contributed by atoms with van der Waals surface area (Å²) in [5.41, 5.74) is 0. The van der Waals surface area contributed by atoms with Gasteiger partial charge in [-0.1, -0.05) is 38.5 Å². The zero-order chi connectivity index (χ0) is 28.6. The lowest BCUT2D eigenvalue weighted by Crippen LogP contribution is -2.42. The molecule has 4 amide bonds. The van der Waals surface area contributed by atoms with Gasteiger partial charge >= 0.3 is 11.9 Å². The second kappa shape index (κ2) is 12.0. The number of ether oxygens (including phenoxy) is 2. The average molecular weight is 559 g/mol. The highest BCUT2D eigenvalue weighted by atomic mass is 16.6. The van der Waals surface area contributed by atoms with Crippen molar-refractivity contribution in [3.63, 3.8) is 0 Å². The molecular formula is C30H42N2O8. The van der Waals surface area contributed by atoms with E-state index in [2.05, 4.69) is 0 Å². The number of nitrogens with zero attached hydrogens (tertiary/aromatic N) is 2. The molecule has 3 aliphatic carbocycles. The van der Waals surface area contributed by atoms with Crippen LogP contribution in [0.5, 0.6) is 0 Å². The van der Waals surface area contributed by atoms with Crippen molar-refractivity contribution in [3.8, 4) is 0 Å². The van der Waals surface area contributed by atoms with Gasteiger partial charge in [0.2, 0.25) is 23.6 Å². The predicted octanol–water partition coefficient (Wildman–Crippen LogP) is 3.01. The van der Waals surface area contributed by atoms with Crippen LogP contribution in [0.15, 0.2) is 0 Å². The zero-order valence-corrected chi connectivity index (χ0v) is 23.7. The summed E-state index contributed by atoms with van der Waals surface area (Å²) in [6.45, 7) is 3.38. The van der Waals surface area contributed by atoms with E-state index in [1.165, 1.54) is 9.80 Å². The van der Waals surface area contributed by atoms with Crippen LogP contribution in [0, 0.1) is 35.5 Å². The Bertz CT molecular complexity index is 928. The Morgan fingerprint density at radius 2 is 0.850 bits per heavy atom. The summed E-state index contributed by atoms with van der Waals surface area (Å²) in [7, 11) is 0. The van der Waals surface area contributed by atoms with E-state index in [1.54, 1.807) is 13.8 Å². The highest BCUT2D eigenvalue weighted by Gasteiger charge is 2.50. The number of hydrogen-bond acceptors (Lipinski definition) is 8. The number of imide groups is 2. The van der Waals surface area contributed by atoms with E-state index in [0.717, 1.165) is 64.2 Å². The molecule has 40 heavy (non-hydrogen) atoms. The van der Waals surface area contributed by atoms with Crippen molar-refractivity contribution in [2.24, 2.45) is 35.5 Å². The second-order valence-electron chi connectivity index (χ2n) is 12.6. The van der Waals surface area contributed by atoms with Gasteiger partial charge in [-0.15, -0.1) is 0 Å². The van der Waals surface area contributed by atoms with Crippen LogP contribution in [-0.2, 0) is 38.2 Å². The van der Waals surface area contributed by atoms with E-state index in [9.17, 15) is 28.8 Å². The van der Waals surface area contributed by atoms with Gasteiger partial charge in [0.15, 0.2) is 0 Å². The highest BCUT2D eigenvalue weighted by Crippen LogP contribution is 2.40. The molecule has 0 aromatic heterocycles. The molecular weight excluding hydrogens is 516 g/mol. The summed E-state index contributed by atoms with van der Waals surface area (Å²) in [4.78, 5) is 80.1. The Balaban J connectivity index is 1.14. The smallest absolute Gasteiger partial charge is 0.310 e. The van der Waals surface area contributed by atoms with Crippen molar-refractivity contribution in [1.29, 1.82) is 0 Å². The molecule has 0 N–H and O–H groups in total. The molecule has 0 aromatic rings. The third kappa shape index (κ3) is 5.55. The van der Waals surface area contributed by atoms with Crippen molar-refractivity contribution in [1.82, 2.24) is 9.80 Å². The van der Waals surface area contributed by atoms with Crippen LogP contribution in [0.4, 0.5) is 0 Å². The number of fused-ring (bicyclic) bond motifs is 2. The fourth-order valence-corrected chi connectivity index (χ4v) is 7.68. The molecule has 2 saturated heterocycles. The second-order valence-corrected chi connectivity index (χ2v) is 12.6. The molecule has 0 spiro atoms. The first-order chi connectivity index (χ1) is 19.2. The van der Waals surface area contributed by atoms with E-state index < -0.39 is 36.0 Å². The van der Waals surface area contributed by atoms with Crippen LogP contribution in [-0.4, -0.2) is 70.7 Å². The van der Waals surface area contributed by atoms with Crippen LogP contribution in [0.25, 0.3) is 0 Å². The SMILES string of the molecule is CC(CN1C(=O)C2CCCCC2C1=O)OC(=O)C1CCCCC1C(=O)OC(C)CN1C(=O)C2CCCCC2C1=O. The fourth-order valence-electron chi connectivity index (χ4n) is 7.68. The third-order valence-corrected chi connectivity index (χ3v) is 9.75. The number of likely N-dealkylation sites (tertiary alicyclic amines) is 2. The molecule has 0 aromatic carbocycles. The topological polar surface area (TPSA) is 127 Å². The lowest BCUT2D eigenvalue weighted by Gasteiger charge is -2.31. The predicted molar refractivity (Wildman–Crippen MR) is 141 cm³/mol. The number of carbonyl (C=O) groups excluding carboxylic acids is 6. The first kappa shape index (κ1) is 28.7. The summed E-state index contributed by atoms with van der Waals surface area (Å²) >= 11 is 0. The molecule has 0 radical (unpaired) electrons. The zero-order valence-electron chi connectivity index (χ0n) is 23.7. The number of carbonyl (C=O) groups is 6. The molecule has 2 aliphatic heterocycles. The van der Waals surface area contributed by atoms with Crippen LogP contribution in [0.2, 0.25) is 0 Å². The van der Waals surface area contributed by atoms with Gasteiger partial charge in [0, 0.05) is 0 Å². The van der Waals surface area contributed by atoms with Crippen molar-refractivity contribution in [2.75, 3.05) is 13.1 Å². The van der Waals surface area contributed by atoms with Gasteiger partial charge in [0.1, 0.15) is 12.2 Å². The minimum atomic E-state index is -0.686. The monoisotopic (exact) mass is 558 g/mol. The lowest BCUT2D eigenvalue weighted by atomic mass is 9.79. The van der Waals surface area contributed by atoms with Gasteiger partial charge < -0.3 is 9.47 Å². The molecule has 8 atom stereocenters. The van der Waals surface area contributed by atoms with Gasteiger partial charge in [-0.3, -0.25) is 38.6 Å². The van der Waals surface area contributed by atoms with Gasteiger partial charge in [-0.25, -0.2) is 0 Å². The van der Waals surface area contributed by atoms with Crippen LogP contribution >= 0.6 is 0 Å². The molecule has 2 heterocycles. The van der Waals surface area contributed by atoms with E-state index in [-0.39, 0.29) is 60.4 Å². The van der Waals surface area contributed by atoms with Gasteiger partial charge in [-0.05, 0) is 52.4 Å². The molecule has 8 unspecified atom stereocenters. The van der Waals surface area contributed by atoms with Crippen molar-refractivity contribution in [3.05, 3.63) is 0 Å². The number of rotatable bonds is 8. The highest BCUT2D eigenvalue weighted by molar-refractivity contribution is 6.06. The molecule has 10 heteroatoms. The number of amides is 4. The summed E-state index contributed by atoms with van der Waals surface area (Å²) in [6.07, 6.45) is 7.85. The van der Waals surface area contributed by atoms with E-state index >= 15 is 0 Å². The first-order valence-electron chi connectivity index (χ1n) is 15.3. The minimum absolute atomic E-state index is 0.0230. The summed E-state index contributed by atoms with van der Waals surface area (Å²) in [5.74, 6) is -4.07. The molecule has 5 aliphatic rings. The molecule has 0 bridgehead atoms. The maximum absolute atomic E-state index is 13.2. The van der Waals surface area contributed by atoms with E-state index in [1.807, 2.05) is 0 Å². The first-order valence-corrected chi connectivity index (χ1v) is 15.3. The number of esters is 2. The Kier molecular flexibility index (Phi) is 8.61. The van der Waals surface area contributed by atoms with Gasteiger partial charge in [0.25, 0.3) is 0 Å². The van der Waals surface area contributed by atoms with E-state index in [4.69, 9.17) is 9.47 Å². The van der Waals surface area contributed by atoms with Crippen LogP contribution < -0.4 is 0 Å². The third-order valence-electron chi connectivity index (χ3n) is 9.75. The van der Waals surface area contributed by atoms with Crippen molar-refractivity contribution in [2.45, 2.75) is 103 Å². The van der Waals surface area contributed by atoms with E-state index in [0.29, 0.717) is 12.8 Å². The Morgan fingerprint density at radius 1 is 0.575 bits per heavy atom. The fraction of sp³-hybridized carbons (Fsp3) is 0.800. The normalized spacial score (nSPS) is 33.9. The van der Waals surface area contributed by atoms with Crippen LogP contribution in [0.3, 0.4) is 0 Å². The maximum atomic E-state index is 13.2. The maximum Gasteiger partial charge on any atom is 0.310 e. The molecule has 3 saturated carbocycles. The van der Waals surface area contributed by atoms with Crippen molar-refractivity contribution < 1.29 is 38.2 Å². The minimum Gasteiger partial charge on any atom is -0.461 e. The molecule has 10 nitrogen and oxygen atoms in total. The lowest BCUT2D eigenvalue weighted by molar-refractivity contribution is -0.169. The number of hydrogen-bond donors (Lipinski definition) is 0. The van der Waals surface area contributed by atoms with Crippen LogP contribution in [0.1, 0.15) is 90.9 Å². The molecule has 5 fully saturated rings. The summed E-state index contributed by atoms with van der Waals surface area (Å²) < 4.78 is 11.4. The summed E-state index contributed by atoms with van der Waals surface area (Å²) in [5, 5.41) is 0. The largest absolute Gasteiger partial charge is 0.461 e. The quantitative estimate of drug-likeness (QED) is 0.329.